The first-order valence-corrected chi connectivity index (χ1v) is 4.73. The zero-order valence-electron chi connectivity index (χ0n) is 8.63. The zero-order valence-corrected chi connectivity index (χ0v) is 8.63. The summed E-state index contributed by atoms with van der Waals surface area (Å²) in [6.07, 6.45) is 0. The van der Waals surface area contributed by atoms with E-state index in [1.165, 1.54) is 0 Å². The topological polar surface area (TPSA) is 52.0 Å². The average Bonchev–Trinajstić information content (AvgIpc) is 2.63. The van der Waals surface area contributed by atoms with Gasteiger partial charge < -0.3 is 10.2 Å². The summed E-state index contributed by atoms with van der Waals surface area (Å²) in [4.78, 5) is 4.00. The number of halogens is 2. The third-order valence-corrected chi connectivity index (χ3v) is 2.20. The van der Waals surface area contributed by atoms with Crippen molar-refractivity contribution in [1.29, 1.82) is 0 Å². The van der Waals surface area contributed by atoms with Gasteiger partial charge in [0.25, 0.3) is 0 Å². The lowest BCUT2D eigenvalue weighted by atomic mass is 10.1. The van der Waals surface area contributed by atoms with Crippen molar-refractivity contribution in [2.45, 2.75) is 13.5 Å². The van der Waals surface area contributed by atoms with Gasteiger partial charge in [0.1, 0.15) is 23.1 Å². The van der Waals surface area contributed by atoms with Crippen LogP contribution in [0.2, 0.25) is 0 Å². The molecule has 1 aromatic carbocycles. The molecule has 0 atom stereocenters. The number of hydrogen-bond acceptors (Lipinski definition) is 3. The predicted molar refractivity (Wildman–Crippen MR) is 54.5 cm³/mol. The second-order valence-corrected chi connectivity index (χ2v) is 3.34. The van der Waals surface area contributed by atoms with Gasteiger partial charge in [-0.1, -0.05) is 0 Å². The molecule has 1 aromatic heterocycles. The Labute approximate surface area is 90.9 Å². The Bertz CT molecular complexity index is 523. The molecule has 0 amide bonds. The van der Waals surface area contributed by atoms with Crippen molar-refractivity contribution in [2.75, 3.05) is 0 Å². The smallest absolute Gasteiger partial charge is 0.208 e. The number of benzene rings is 1. The third-order valence-electron chi connectivity index (χ3n) is 2.20. The van der Waals surface area contributed by atoms with Crippen LogP contribution in [0.4, 0.5) is 8.78 Å². The third kappa shape index (κ3) is 1.81. The lowest BCUT2D eigenvalue weighted by molar-refractivity contribution is 0.474. The highest BCUT2D eigenvalue weighted by atomic mass is 19.1. The number of nitrogens with two attached hydrogens (primary N) is 1. The van der Waals surface area contributed by atoms with E-state index < -0.39 is 11.6 Å². The molecule has 0 aliphatic rings. The molecule has 16 heavy (non-hydrogen) atoms. The number of aryl methyl sites for hydroxylation is 1. The van der Waals surface area contributed by atoms with Crippen molar-refractivity contribution in [3.63, 3.8) is 0 Å². The molecule has 0 saturated carbocycles. The Hall–Kier alpha value is -1.75. The standard InChI is InChI=1S/C11H10F2N2O/c1-6-11(15-10(5-14)16-6)8-4-7(12)2-3-9(8)13/h2-4H,5,14H2,1H3. The highest BCUT2D eigenvalue weighted by Gasteiger charge is 2.15. The van der Waals surface area contributed by atoms with Crippen molar-refractivity contribution in [3.05, 3.63) is 41.5 Å². The molecule has 0 bridgehead atoms. The lowest BCUT2D eigenvalue weighted by Gasteiger charge is -1.99. The monoisotopic (exact) mass is 224 g/mol. The van der Waals surface area contributed by atoms with Crippen LogP contribution in [0.3, 0.4) is 0 Å². The zero-order chi connectivity index (χ0) is 11.7. The maximum atomic E-state index is 13.5. The quantitative estimate of drug-likeness (QED) is 0.852. The first kappa shape index (κ1) is 10.8. The van der Waals surface area contributed by atoms with Gasteiger partial charge in [0, 0.05) is 5.56 Å². The van der Waals surface area contributed by atoms with Crippen LogP contribution in [0.15, 0.2) is 22.6 Å². The van der Waals surface area contributed by atoms with Crippen molar-refractivity contribution in [2.24, 2.45) is 5.73 Å². The van der Waals surface area contributed by atoms with Crippen LogP contribution < -0.4 is 5.73 Å². The number of hydrogen-bond donors (Lipinski definition) is 1. The minimum atomic E-state index is -0.540. The summed E-state index contributed by atoms with van der Waals surface area (Å²) in [6.45, 7) is 1.75. The number of oxazole rings is 1. The molecule has 0 saturated heterocycles. The molecule has 0 aliphatic heterocycles. The predicted octanol–water partition coefficient (Wildman–Crippen LogP) is 2.39. The average molecular weight is 224 g/mol. The van der Waals surface area contributed by atoms with Gasteiger partial charge >= 0.3 is 0 Å². The second kappa shape index (κ2) is 4.02. The first-order chi connectivity index (χ1) is 7.61. The Morgan fingerprint density at radius 1 is 1.38 bits per heavy atom. The second-order valence-electron chi connectivity index (χ2n) is 3.34. The molecule has 1 heterocycles. The van der Waals surface area contributed by atoms with E-state index >= 15 is 0 Å². The van der Waals surface area contributed by atoms with E-state index in [4.69, 9.17) is 10.2 Å². The summed E-state index contributed by atoms with van der Waals surface area (Å²) >= 11 is 0. The van der Waals surface area contributed by atoms with Gasteiger partial charge in [-0.2, -0.15) is 0 Å². The Morgan fingerprint density at radius 2 is 2.12 bits per heavy atom. The van der Waals surface area contributed by atoms with Crippen LogP contribution in [0.5, 0.6) is 0 Å². The molecule has 0 unspecified atom stereocenters. The number of rotatable bonds is 2. The molecule has 0 fully saturated rings. The van der Waals surface area contributed by atoms with E-state index in [1.54, 1.807) is 6.92 Å². The molecule has 0 spiro atoms. The molecule has 3 nitrogen and oxygen atoms in total. The summed E-state index contributed by atoms with van der Waals surface area (Å²) in [6, 6.07) is 3.19. The van der Waals surface area contributed by atoms with E-state index in [2.05, 4.69) is 4.98 Å². The van der Waals surface area contributed by atoms with E-state index in [9.17, 15) is 8.78 Å². The van der Waals surface area contributed by atoms with E-state index in [-0.39, 0.29) is 17.8 Å². The minimum Gasteiger partial charge on any atom is -0.444 e. The van der Waals surface area contributed by atoms with Crippen molar-refractivity contribution < 1.29 is 13.2 Å². The Kier molecular flexibility index (Phi) is 2.70. The van der Waals surface area contributed by atoms with E-state index in [0.717, 1.165) is 18.2 Å². The van der Waals surface area contributed by atoms with E-state index in [0.29, 0.717) is 11.7 Å². The van der Waals surface area contributed by atoms with Crippen LogP contribution in [0.1, 0.15) is 11.7 Å². The SMILES string of the molecule is Cc1oc(CN)nc1-c1cc(F)ccc1F. The summed E-state index contributed by atoms with van der Waals surface area (Å²) in [5.41, 5.74) is 5.73. The minimum absolute atomic E-state index is 0.0842. The highest BCUT2D eigenvalue weighted by molar-refractivity contribution is 5.61. The fourth-order valence-electron chi connectivity index (χ4n) is 1.47. The summed E-state index contributed by atoms with van der Waals surface area (Å²) < 4.78 is 31.7. The Balaban J connectivity index is 2.57. The maximum absolute atomic E-state index is 13.5. The lowest BCUT2D eigenvalue weighted by Crippen LogP contribution is -1.96. The molecule has 2 N–H and O–H groups in total. The van der Waals surface area contributed by atoms with E-state index in [1.807, 2.05) is 0 Å². The normalized spacial score (nSPS) is 10.8. The van der Waals surface area contributed by atoms with Crippen LogP contribution in [-0.2, 0) is 6.54 Å². The van der Waals surface area contributed by atoms with Crippen molar-refractivity contribution in [3.8, 4) is 11.3 Å². The molecular formula is C11H10F2N2O. The molecule has 5 heteroatoms. The fourth-order valence-corrected chi connectivity index (χ4v) is 1.47. The fraction of sp³-hybridized carbons (Fsp3) is 0.182. The maximum Gasteiger partial charge on any atom is 0.208 e. The summed E-state index contributed by atoms with van der Waals surface area (Å²) in [7, 11) is 0. The molecule has 2 aromatic rings. The van der Waals surface area contributed by atoms with Crippen LogP contribution in [0.25, 0.3) is 11.3 Å². The molecular weight excluding hydrogens is 214 g/mol. The van der Waals surface area contributed by atoms with Crippen molar-refractivity contribution in [1.82, 2.24) is 4.98 Å². The van der Waals surface area contributed by atoms with Crippen molar-refractivity contribution >= 4 is 0 Å². The number of aromatic nitrogens is 1. The first-order valence-electron chi connectivity index (χ1n) is 4.73. The molecule has 0 radical (unpaired) electrons. The van der Waals surface area contributed by atoms with Gasteiger partial charge in [-0.3, -0.25) is 0 Å². The Morgan fingerprint density at radius 3 is 2.75 bits per heavy atom. The summed E-state index contributed by atoms with van der Waals surface area (Å²) in [5, 5.41) is 0. The molecule has 2 rings (SSSR count). The van der Waals surface area contributed by atoms with Gasteiger partial charge in [-0.25, -0.2) is 13.8 Å². The van der Waals surface area contributed by atoms with Gasteiger partial charge in [0.15, 0.2) is 0 Å². The number of nitrogens with zero attached hydrogens (tertiary/aromatic N) is 1. The van der Waals surface area contributed by atoms with Gasteiger partial charge in [-0.15, -0.1) is 0 Å². The molecule has 0 aliphatic carbocycles. The van der Waals surface area contributed by atoms with Crippen LogP contribution in [-0.4, -0.2) is 4.98 Å². The van der Waals surface area contributed by atoms with Gasteiger partial charge in [0.2, 0.25) is 5.89 Å². The van der Waals surface area contributed by atoms with Gasteiger partial charge in [0.05, 0.1) is 6.54 Å². The molecule has 84 valence electrons. The van der Waals surface area contributed by atoms with Gasteiger partial charge in [-0.05, 0) is 25.1 Å². The largest absolute Gasteiger partial charge is 0.444 e. The highest BCUT2D eigenvalue weighted by Crippen LogP contribution is 2.26. The summed E-state index contributed by atoms with van der Waals surface area (Å²) in [5.74, 6) is -0.337. The van der Waals surface area contributed by atoms with Crippen LogP contribution >= 0.6 is 0 Å². The van der Waals surface area contributed by atoms with Crippen LogP contribution in [0, 0.1) is 18.6 Å².